The Hall–Kier alpha value is 0.386. The van der Waals surface area contributed by atoms with Crippen molar-refractivity contribution in [1.29, 1.82) is 0 Å². The summed E-state index contributed by atoms with van der Waals surface area (Å²) in [5, 5.41) is 0. The van der Waals surface area contributed by atoms with Crippen LogP contribution in [0.3, 0.4) is 0 Å². The summed E-state index contributed by atoms with van der Waals surface area (Å²) in [7, 11) is 2.19. The Kier molecular flexibility index (Phi) is 8.68. The molecule has 0 atom stereocenters. The largest absolute Gasteiger partial charge is 2.00 e. The van der Waals surface area contributed by atoms with Gasteiger partial charge in [0.05, 0.1) is 0 Å². The van der Waals surface area contributed by atoms with Crippen molar-refractivity contribution in [3.05, 3.63) is 35.9 Å². The summed E-state index contributed by atoms with van der Waals surface area (Å²) in [4.78, 5) is 4.89. The molecule has 16 heavy (non-hydrogen) atoms. The molecule has 0 aliphatic carbocycles. The fourth-order valence-electron chi connectivity index (χ4n) is 1.79. The zero-order valence-corrected chi connectivity index (χ0v) is 12.8. The first-order chi connectivity index (χ1) is 6.84. The Balaban J connectivity index is 0.00000112. The molecule has 2 rings (SSSR count). The number of halogens is 1. The normalized spacial score (nSPS) is 17.3. The maximum absolute atomic E-state index is 3.05. The van der Waals surface area contributed by atoms with Crippen LogP contribution in [0.1, 0.15) is 5.56 Å². The molecule has 1 aliphatic rings. The van der Waals surface area contributed by atoms with Crippen molar-refractivity contribution in [3.63, 3.8) is 0 Å². The van der Waals surface area contributed by atoms with Crippen LogP contribution in [-0.2, 0) is 6.54 Å². The summed E-state index contributed by atoms with van der Waals surface area (Å²) in [5.41, 5.74) is 1.40. The molecule has 1 aliphatic heterocycles. The molecular formula is C12H17BrMgN2. The topological polar surface area (TPSA) is 6.48 Å². The molecule has 0 amide bonds. The van der Waals surface area contributed by atoms with Crippen LogP contribution in [0.5, 0.6) is 0 Å². The van der Waals surface area contributed by atoms with Gasteiger partial charge in [-0.3, -0.25) is 4.90 Å². The van der Waals surface area contributed by atoms with Gasteiger partial charge in [0.2, 0.25) is 0 Å². The second-order valence-corrected chi connectivity index (χ2v) is 3.99. The molecule has 0 unspecified atom stereocenters. The van der Waals surface area contributed by atoms with E-state index in [9.17, 15) is 0 Å². The van der Waals surface area contributed by atoms with Gasteiger partial charge in [0, 0.05) is 32.7 Å². The maximum atomic E-state index is 3.05. The van der Waals surface area contributed by atoms with Gasteiger partial charge in [-0.1, -0.05) is 0 Å². The molecule has 0 saturated carbocycles. The molecule has 84 valence electrons. The Labute approximate surface area is 125 Å². The second-order valence-electron chi connectivity index (χ2n) is 3.99. The number of hydrogen-bond acceptors (Lipinski definition) is 2. The third kappa shape index (κ3) is 5.14. The number of hydrogen-bond donors (Lipinski definition) is 0. The van der Waals surface area contributed by atoms with Crippen molar-refractivity contribution in [3.8, 4) is 0 Å². The summed E-state index contributed by atoms with van der Waals surface area (Å²) in [6.45, 7) is 5.85. The molecule has 4 heteroatoms. The van der Waals surface area contributed by atoms with E-state index in [0.717, 1.165) is 6.54 Å². The van der Waals surface area contributed by atoms with Crippen molar-refractivity contribution < 1.29 is 17.0 Å². The Morgan fingerprint density at radius 3 is 2.25 bits per heavy atom. The van der Waals surface area contributed by atoms with Gasteiger partial charge < -0.3 is 21.9 Å². The van der Waals surface area contributed by atoms with E-state index in [-0.39, 0.29) is 40.0 Å². The minimum absolute atomic E-state index is 0. The number of benzene rings is 1. The van der Waals surface area contributed by atoms with Crippen LogP contribution >= 0.6 is 0 Å². The SMILES string of the molecule is CN1CCN(Cc2cc[c-]cc2)CC1.[Br-].[Mg+2]. The van der Waals surface area contributed by atoms with E-state index in [1.807, 2.05) is 12.1 Å². The predicted octanol–water partition coefficient (Wildman–Crippen LogP) is -2.14. The average molecular weight is 293 g/mol. The molecule has 1 saturated heterocycles. The van der Waals surface area contributed by atoms with Crippen LogP contribution in [0.4, 0.5) is 0 Å². The van der Waals surface area contributed by atoms with Gasteiger partial charge in [-0.15, -0.1) is 5.56 Å². The van der Waals surface area contributed by atoms with Crippen LogP contribution in [0.2, 0.25) is 0 Å². The summed E-state index contributed by atoms with van der Waals surface area (Å²) >= 11 is 0. The van der Waals surface area contributed by atoms with E-state index >= 15 is 0 Å². The molecule has 1 aromatic carbocycles. The molecule has 1 aromatic rings. The van der Waals surface area contributed by atoms with E-state index in [1.165, 1.54) is 31.7 Å². The van der Waals surface area contributed by atoms with Gasteiger partial charge >= 0.3 is 23.1 Å². The molecule has 1 fully saturated rings. The van der Waals surface area contributed by atoms with Crippen LogP contribution < -0.4 is 17.0 Å². The molecule has 0 radical (unpaired) electrons. The quantitative estimate of drug-likeness (QED) is 0.454. The van der Waals surface area contributed by atoms with E-state index in [2.05, 4.69) is 35.0 Å². The minimum atomic E-state index is 0. The second kappa shape index (κ2) is 8.47. The first-order valence-electron chi connectivity index (χ1n) is 5.20. The fraction of sp³-hybridized carbons (Fsp3) is 0.500. The van der Waals surface area contributed by atoms with E-state index in [1.54, 1.807) is 0 Å². The zero-order chi connectivity index (χ0) is 9.80. The monoisotopic (exact) mass is 292 g/mol. The van der Waals surface area contributed by atoms with Gasteiger partial charge in [0.25, 0.3) is 0 Å². The van der Waals surface area contributed by atoms with Crippen LogP contribution in [-0.4, -0.2) is 66.1 Å². The summed E-state index contributed by atoms with van der Waals surface area (Å²) < 4.78 is 0. The van der Waals surface area contributed by atoms with Crippen LogP contribution in [0, 0.1) is 6.07 Å². The van der Waals surface area contributed by atoms with Crippen molar-refractivity contribution in [2.45, 2.75) is 6.54 Å². The summed E-state index contributed by atoms with van der Waals surface area (Å²) in [6.07, 6.45) is 0. The molecule has 0 aromatic heterocycles. The third-order valence-electron chi connectivity index (χ3n) is 2.79. The Morgan fingerprint density at radius 1 is 1.12 bits per heavy atom. The first-order valence-corrected chi connectivity index (χ1v) is 5.20. The van der Waals surface area contributed by atoms with Crippen LogP contribution in [0.25, 0.3) is 0 Å². The number of likely N-dealkylation sites (N-methyl/N-ethyl adjacent to an activating group) is 1. The standard InChI is InChI=1S/C12H17N2.BrH.Mg/c1-13-7-9-14(10-8-13)11-12-5-3-2-4-6-12;;/h3-6H,7-11H2,1H3;1H;/q-1;;+2/p-1. The van der Waals surface area contributed by atoms with Crippen molar-refractivity contribution in [2.24, 2.45) is 0 Å². The van der Waals surface area contributed by atoms with Crippen molar-refractivity contribution in [1.82, 2.24) is 9.80 Å². The van der Waals surface area contributed by atoms with E-state index in [0.29, 0.717) is 0 Å². The van der Waals surface area contributed by atoms with Crippen LogP contribution in [0.15, 0.2) is 24.3 Å². The summed E-state index contributed by atoms with van der Waals surface area (Å²) in [5.74, 6) is 0. The minimum Gasteiger partial charge on any atom is -1.00 e. The van der Waals surface area contributed by atoms with Crippen molar-refractivity contribution >= 4 is 23.1 Å². The predicted molar refractivity (Wildman–Crippen MR) is 63.8 cm³/mol. The van der Waals surface area contributed by atoms with Gasteiger partial charge in [-0.25, -0.2) is 0 Å². The maximum Gasteiger partial charge on any atom is 2.00 e. The van der Waals surface area contributed by atoms with E-state index in [4.69, 9.17) is 0 Å². The van der Waals surface area contributed by atoms with Gasteiger partial charge in [-0.05, 0) is 7.05 Å². The van der Waals surface area contributed by atoms with E-state index < -0.39 is 0 Å². The molecule has 0 bridgehead atoms. The summed E-state index contributed by atoms with van der Waals surface area (Å²) in [6, 6.07) is 11.3. The molecule has 2 nitrogen and oxygen atoms in total. The number of piperazine rings is 1. The van der Waals surface area contributed by atoms with Crippen molar-refractivity contribution in [2.75, 3.05) is 33.2 Å². The fourth-order valence-corrected chi connectivity index (χ4v) is 1.79. The van der Waals surface area contributed by atoms with Gasteiger partial charge in [-0.2, -0.15) is 30.3 Å². The molecular weight excluding hydrogens is 276 g/mol. The molecule has 1 heterocycles. The number of rotatable bonds is 2. The smallest absolute Gasteiger partial charge is 1.00 e. The average Bonchev–Trinajstić information content (AvgIpc) is 2.23. The third-order valence-corrected chi connectivity index (χ3v) is 2.79. The zero-order valence-electron chi connectivity index (χ0n) is 9.82. The number of nitrogens with zero attached hydrogens (tertiary/aromatic N) is 2. The first kappa shape index (κ1) is 16.4. The molecule has 0 N–H and O–H groups in total. The van der Waals surface area contributed by atoms with Gasteiger partial charge in [0.1, 0.15) is 0 Å². The Morgan fingerprint density at radius 2 is 1.69 bits per heavy atom. The van der Waals surface area contributed by atoms with Gasteiger partial charge in [0.15, 0.2) is 0 Å². The Bertz CT molecular complexity index is 274. The molecule has 0 spiro atoms.